The number of hydrogen-bond donors (Lipinski definition) is 1. The Labute approximate surface area is 163 Å². The van der Waals surface area contributed by atoms with Crippen LogP contribution in [-0.2, 0) is 15.0 Å². The molecule has 7 heteroatoms. The van der Waals surface area contributed by atoms with Gasteiger partial charge in [0, 0.05) is 24.6 Å². The van der Waals surface area contributed by atoms with Gasteiger partial charge in [-0.3, -0.25) is 9.59 Å². The summed E-state index contributed by atoms with van der Waals surface area (Å²) < 4.78 is 1.76. The Kier molecular flexibility index (Phi) is 4.07. The van der Waals surface area contributed by atoms with Crippen LogP contribution in [0.2, 0.25) is 5.02 Å². The van der Waals surface area contributed by atoms with Crippen LogP contribution in [0, 0.1) is 5.92 Å². The fraction of sp³-hybridized carbons (Fsp3) is 0.450. The number of nitrogens with zero attached hydrogens (tertiary/aromatic N) is 3. The lowest BCUT2D eigenvalue weighted by atomic mass is 9.72. The average molecular weight is 387 g/mol. The largest absolute Gasteiger partial charge is 0.311 e. The fourth-order valence-corrected chi connectivity index (χ4v) is 4.53. The first kappa shape index (κ1) is 18.0. The minimum atomic E-state index is -1.07. The van der Waals surface area contributed by atoms with Crippen molar-refractivity contribution in [2.45, 2.75) is 45.6 Å². The molecule has 4 rings (SSSR count). The number of carbonyl (C=O) groups excluding carboxylic acids is 2. The third-order valence-electron chi connectivity index (χ3n) is 5.30. The van der Waals surface area contributed by atoms with E-state index in [4.69, 9.17) is 11.6 Å². The number of nitrogens with one attached hydrogen (secondary N) is 1. The Balaban J connectivity index is 2.01. The van der Waals surface area contributed by atoms with Crippen molar-refractivity contribution in [2.24, 2.45) is 5.92 Å². The number of benzene rings is 1. The van der Waals surface area contributed by atoms with Crippen LogP contribution in [0.25, 0.3) is 0 Å². The summed E-state index contributed by atoms with van der Waals surface area (Å²) in [7, 11) is 0. The molecular weight excluding hydrogens is 364 g/mol. The van der Waals surface area contributed by atoms with Gasteiger partial charge in [0.15, 0.2) is 0 Å². The first-order valence-corrected chi connectivity index (χ1v) is 9.64. The molecule has 0 saturated heterocycles. The van der Waals surface area contributed by atoms with E-state index >= 15 is 0 Å². The zero-order chi connectivity index (χ0) is 19.5. The van der Waals surface area contributed by atoms with E-state index in [-0.39, 0.29) is 30.2 Å². The average Bonchev–Trinajstić information content (AvgIpc) is 3.10. The van der Waals surface area contributed by atoms with E-state index in [1.165, 1.54) is 0 Å². The molecule has 2 aliphatic heterocycles. The lowest BCUT2D eigenvalue weighted by molar-refractivity contribution is -0.126. The highest BCUT2D eigenvalue weighted by Gasteiger charge is 2.57. The van der Waals surface area contributed by atoms with Crippen LogP contribution in [0.15, 0.2) is 24.4 Å². The Morgan fingerprint density at radius 2 is 1.96 bits per heavy atom. The van der Waals surface area contributed by atoms with Crippen LogP contribution < -0.4 is 10.2 Å². The minimum Gasteiger partial charge on any atom is -0.311 e. The quantitative estimate of drug-likeness (QED) is 0.873. The molecule has 2 amide bonds. The highest BCUT2D eigenvalue weighted by molar-refractivity contribution is 6.35. The molecule has 1 aromatic carbocycles. The summed E-state index contributed by atoms with van der Waals surface area (Å²) in [5.74, 6) is 0.588. The van der Waals surface area contributed by atoms with Crippen LogP contribution in [0.4, 0.5) is 11.5 Å². The summed E-state index contributed by atoms with van der Waals surface area (Å²) in [4.78, 5) is 28.2. The van der Waals surface area contributed by atoms with E-state index in [9.17, 15) is 9.59 Å². The molecule has 142 valence electrons. The Bertz CT molecular complexity index is 949. The number of rotatable bonds is 3. The monoisotopic (exact) mass is 386 g/mol. The Morgan fingerprint density at radius 3 is 2.63 bits per heavy atom. The highest BCUT2D eigenvalue weighted by Crippen LogP contribution is 2.54. The van der Waals surface area contributed by atoms with Gasteiger partial charge in [0.05, 0.1) is 16.9 Å². The summed E-state index contributed by atoms with van der Waals surface area (Å²) >= 11 is 6.52. The standard InChI is InChI=1S/C20H23ClN4O2/c1-11(2)10-24-17-13(6-5-7-15(17)21)20(19(24)27)8-16(26)23-18-14(20)9-22-25(18)12(3)4/h5-7,9,11-12H,8,10H2,1-4H3,(H,23,26). The molecular formula is C20H23ClN4O2. The first-order chi connectivity index (χ1) is 12.8. The lowest BCUT2D eigenvalue weighted by Gasteiger charge is -2.33. The number of halogens is 1. The third kappa shape index (κ3) is 2.42. The molecule has 1 N–H and O–H groups in total. The van der Waals surface area contributed by atoms with Crippen molar-refractivity contribution in [3.8, 4) is 0 Å². The molecule has 0 fully saturated rings. The summed E-state index contributed by atoms with van der Waals surface area (Å²) in [6, 6.07) is 5.61. The fourth-order valence-electron chi connectivity index (χ4n) is 4.25. The van der Waals surface area contributed by atoms with E-state index in [1.807, 2.05) is 26.0 Å². The van der Waals surface area contributed by atoms with Crippen molar-refractivity contribution in [2.75, 3.05) is 16.8 Å². The second-order valence-electron chi connectivity index (χ2n) is 8.02. The molecule has 1 spiro atoms. The van der Waals surface area contributed by atoms with Crippen LogP contribution in [0.3, 0.4) is 0 Å². The normalized spacial score (nSPS) is 21.2. The zero-order valence-electron chi connectivity index (χ0n) is 15.9. The van der Waals surface area contributed by atoms with Crippen molar-refractivity contribution < 1.29 is 9.59 Å². The summed E-state index contributed by atoms with van der Waals surface area (Å²) in [5.41, 5.74) is 1.19. The van der Waals surface area contributed by atoms with Crippen molar-refractivity contribution in [3.63, 3.8) is 0 Å². The van der Waals surface area contributed by atoms with Gasteiger partial charge in [-0.2, -0.15) is 5.10 Å². The van der Waals surface area contributed by atoms with Crippen molar-refractivity contribution in [1.29, 1.82) is 0 Å². The van der Waals surface area contributed by atoms with Gasteiger partial charge in [-0.05, 0) is 31.4 Å². The number of para-hydroxylation sites is 1. The molecule has 1 unspecified atom stereocenters. The van der Waals surface area contributed by atoms with Crippen LogP contribution in [0.1, 0.15) is 51.3 Å². The predicted molar refractivity (Wildman–Crippen MR) is 105 cm³/mol. The second kappa shape index (κ2) is 6.09. The van der Waals surface area contributed by atoms with Crippen molar-refractivity contribution in [3.05, 3.63) is 40.5 Å². The molecule has 27 heavy (non-hydrogen) atoms. The SMILES string of the molecule is CC(C)CN1C(=O)C2(CC(=O)Nc3c2cnn3C(C)C)c2cccc(Cl)c21. The molecule has 6 nitrogen and oxygen atoms in total. The highest BCUT2D eigenvalue weighted by atomic mass is 35.5. The van der Waals surface area contributed by atoms with Gasteiger partial charge in [0.25, 0.3) is 0 Å². The van der Waals surface area contributed by atoms with E-state index in [2.05, 4.69) is 24.3 Å². The first-order valence-electron chi connectivity index (χ1n) is 9.26. The molecule has 1 atom stereocenters. The number of hydrogen-bond acceptors (Lipinski definition) is 3. The maximum absolute atomic E-state index is 13.8. The van der Waals surface area contributed by atoms with E-state index in [1.54, 1.807) is 21.8 Å². The van der Waals surface area contributed by atoms with Gasteiger partial charge in [0.1, 0.15) is 11.2 Å². The predicted octanol–water partition coefficient (Wildman–Crippen LogP) is 3.75. The number of anilines is 2. The van der Waals surface area contributed by atoms with Crippen molar-refractivity contribution in [1.82, 2.24) is 9.78 Å². The summed E-state index contributed by atoms with van der Waals surface area (Å²) in [6.07, 6.45) is 1.78. The second-order valence-corrected chi connectivity index (χ2v) is 8.43. The smallest absolute Gasteiger partial charge is 0.242 e. The van der Waals surface area contributed by atoms with Gasteiger partial charge in [-0.25, -0.2) is 4.68 Å². The van der Waals surface area contributed by atoms with E-state index in [0.29, 0.717) is 17.4 Å². The van der Waals surface area contributed by atoms with Crippen LogP contribution >= 0.6 is 11.6 Å². The third-order valence-corrected chi connectivity index (χ3v) is 5.61. The van der Waals surface area contributed by atoms with Crippen molar-refractivity contribution >= 4 is 34.9 Å². The molecule has 0 radical (unpaired) electrons. The topological polar surface area (TPSA) is 67.2 Å². The summed E-state index contributed by atoms with van der Waals surface area (Å²) in [5, 5.41) is 7.91. The molecule has 2 aromatic rings. The van der Waals surface area contributed by atoms with E-state index in [0.717, 1.165) is 16.8 Å². The minimum absolute atomic E-state index is 0.0601. The van der Waals surface area contributed by atoms with Crippen LogP contribution in [0.5, 0.6) is 0 Å². The molecule has 0 saturated carbocycles. The maximum atomic E-state index is 13.8. The number of amides is 2. The number of carbonyl (C=O) groups is 2. The Hall–Kier alpha value is -2.34. The zero-order valence-corrected chi connectivity index (χ0v) is 16.7. The molecule has 2 aliphatic rings. The number of aromatic nitrogens is 2. The Morgan fingerprint density at radius 1 is 1.22 bits per heavy atom. The molecule has 3 heterocycles. The lowest BCUT2D eigenvalue weighted by Crippen LogP contribution is -2.47. The number of fused-ring (bicyclic) bond motifs is 4. The molecule has 1 aromatic heterocycles. The van der Waals surface area contributed by atoms with Gasteiger partial charge in [-0.15, -0.1) is 0 Å². The van der Waals surface area contributed by atoms with Gasteiger partial charge >= 0.3 is 0 Å². The van der Waals surface area contributed by atoms with Crippen LogP contribution in [-0.4, -0.2) is 28.1 Å². The van der Waals surface area contributed by atoms with Gasteiger partial charge in [0.2, 0.25) is 11.8 Å². The summed E-state index contributed by atoms with van der Waals surface area (Å²) in [6.45, 7) is 8.65. The van der Waals surface area contributed by atoms with Gasteiger partial charge < -0.3 is 10.2 Å². The maximum Gasteiger partial charge on any atom is 0.242 e. The molecule has 0 aliphatic carbocycles. The van der Waals surface area contributed by atoms with Gasteiger partial charge in [-0.1, -0.05) is 37.6 Å². The van der Waals surface area contributed by atoms with E-state index < -0.39 is 5.41 Å². The molecule has 0 bridgehead atoms.